The van der Waals surface area contributed by atoms with Crippen molar-refractivity contribution in [1.82, 2.24) is 9.46 Å². The molecule has 0 saturated carbocycles. The minimum absolute atomic E-state index is 0.0801. The summed E-state index contributed by atoms with van der Waals surface area (Å²) < 4.78 is 57.2. The molecule has 0 amide bonds. The summed E-state index contributed by atoms with van der Waals surface area (Å²) in [5.74, 6) is -0.334. The number of phenolic OH excluding ortho intramolecular Hbond substituents is 1. The Kier molecular flexibility index (Phi) is 4.61. The number of aromatic nitrogens is 1. The molecule has 0 fully saturated rings. The molecule has 0 aliphatic carbocycles. The summed E-state index contributed by atoms with van der Waals surface area (Å²) in [4.78, 5) is -0.329. The molecule has 11 heteroatoms. The standard InChI is InChI=1S/C13H17N3O6S2/c1-8-13(9(2)22-14-8)23(18,19)15-11-7-10(5-6-12(11)17)24(20,21)16(3)4/h5-7,15,17H,1-4H3. The Bertz CT molecular complexity index is 958. The Morgan fingerprint density at radius 2 is 1.79 bits per heavy atom. The number of nitrogens with zero attached hydrogens (tertiary/aromatic N) is 2. The van der Waals surface area contributed by atoms with Crippen LogP contribution in [0.15, 0.2) is 32.5 Å². The van der Waals surface area contributed by atoms with Gasteiger partial charge in [-0.3, -0.25) is 4.72 Å². The van der Waals surface area contributed by atoms with Gasteiger partial charge in [-0.2, -0.15) is 0 Å². The molecule has 0 saturated heterocycles. The predicted molar refractivity (Wildman–Crippen MR) is 85.8 cm³/mol. The molecule has 0 radical (unpaired) electrons. The fourth-order valence-electron chi connectivity index (χ4n) is 2.02. The molecule has 0 bridgehead atoms. The van der Waals surface area contributed by atoms with Crippen molar-refractivity contribution in [3.8, 4) is 5.75 Å². The van der Waals surface area contributed by atoms with Gasteiger partial charge in [0.25, 0.3) is 10.0 Å². The van der Waals surface area contributed by atoms with E-state index in [2.05, 4.69) is 9.88 Å². The maximum absolute atomic E-state index is 12.5. The van der Waals surface area contributed by atoms with Gasteiger partial charge in [0, 0.05) is 14.1 Å². The number of nitrogens with one attached hydrogen (secondary N) is 1. The first-order chi connectivity index (χ1) is 11.0. The molecule has 1 aromatic heterocycles. The van der Waals surface area contributed by atoms with Crippen molar-refractivity contribution < 1.29 is 26.5 Å². The van der Waals surface area contributed by atoms with Gasteiger partial charge in [0.2, 0.25) is 10.0 Å². The summed E-state index contributed by atoms with van der Waals surface area (Å²) in [5, 5.41) is 13.4. The maximum Gasteiger partial charge on any atom is 0.267 e. The van der Waals surface area contributed by atoms with Crippen molar-refractivity contribution in [3.63, 3.8) is 0 Å². The molecule has 2 rings (SSSR count). The second-order valence-electron chi connectivity index (χ2n) is 5.23. The maximum atomic E-state index is 12.5. The molecule has 1 aromatic carbocycles. The molecule has 9 nitrogen and oxygen atoms in total. The largest absolute Gasteiger partial charge is 0.506 e. The fraction of sp³-hybridized carbons (Fsp3) is 0.308. The number of anilines is 1. The van der Waals surface area contributed by atoms with Gasteiger partial charge in [-0.1, -0.05) is 5.16 Å². The molecule has 0 unspecified atom stereocenters. The lowest BCUT2D eigenvalue weighted by atomic mass is 10.3. The summed E-state index contributed by atoms with van der Waals surface area (Å²) in [5.41, 5.74) is -0.116. The van der Waals surface area contributed by atoms with Crippen LogP contribution in [-0.4, -0.2) is 45.5 Å². The Morgan fingerprint density at radius 1 is 1.17 bits per heavy atom. The van der Waals surface area contributed by atoms with Crippen LogP contribution < -0.4 is 4.72 Å². The summed E-state index contributed by atoms with van der Waals surface area (Å²) in [6.45, 7) is 2.89. The predicted octanol–water partition coefficient (Wildman–Crippen LogP) is 1.05. The van der Waals surface area contributed by atoms with Crippen molar-refractivity contribution in [1.29, 1.82) is 0 Å². The van der Waals surface area contributed by atoms with Gasteiger partial charge in [0.15, 0.2) is 10.7 Å². The van der Waals surface area contributed by atoms with E-state index in [0.29, 0.717) is 0 Å². The lowest BCUT2D eigenvalue weighted by Gasteiger charge is -2.14. The van der Waals surface area contributed by atoms with Crippen molar-refractivity contribution in [2.45, 2.75) is 23.6 Å². The first-order valence-corrected chi connectivity index (χ1v) is 9.60. The minimum Gasteiger partial charge on any atom is -0.506 e. The lowest BCUT2D eigenvalue weighted by Crippen LogP contribution is -2.22. The number of sulfonamides is 2. The fourth-order valence-corrected chi connectivity index (χ4v) is 4.35. The van der Waals surface area contributed by atoms with E-state index in [4.69, 9.17) is 4.52 Å². The summed E-state index contributed by atoms with van der Waals surface area (Å²) in [7, 11) is -5.21. The molecule has 132 valence electrons. The highest BCUT2D eigenvalue weighted by Crippen LogP contribution is 2.30. The van der Waals surface area contributed by atoms with Crippen molar-refractivity contribution in [2.75, 3.05) is 18.8 Å². The third-order valence-corrected chi connectivity index (χ3v) is 6.65. The number of benzene rings is 1. The molecular weight excluding hydrogens is 358 g/mol. The van der Waals surface area contributed by atoms with Crippen molar-refractivity contribution >= 4 is 25.7 Å². The third-order valence-electron chi connectivity index (χ3n) is 3.23. The SMILES string of the molecule is Cc1noc(C)c1S(=O)(=O)Nc1cc(S(=O)(=O)N(C)C)ccc1O. The van der Waals surface area contributed by atoms with Crippen LogP contribution in [0.1, 0.15) is 11.5 Å². The van der Waals surface area contributed by atoms with Gasteiger partial charge in [-0.25, -0.2) is 21.1 Å². The van der Waals surface area contributed by atoms with Crippen LogP contribution in [0.4, 0.5) is 5.69 Å². The molecule has 0 aliphatic rings. The molecule has 2 N–H and O–H groups in total. The van der Waals surface area contributed by atoms with Crippen molar-refractivity contribution in [2.24, 2.45) is 0 Å². The van der Waals surface area contributed by atoms with Crippen LogP contribution in [0.25, 0.3) is 0 Å². The van der Waals surface area contributed by atoms with E-state index in [1.165, 1.54) is 34.0 Å². The van der Waals surface area contributed by atoms with E-state index in [0.717, 1.165) is 16.4 Å². The zero-order valence-corrected chi connectivity index (χ0v) is 15.1. The smallest absolute Gasteiger partial charge is 0.267 e. The highest BCUT2D eigenvalue weighted by Gasteiger charge is 2.26. The van der Waals surface area contributed by atoms with E-state index in [1.807, 2.05) is 0 Å². The Hall–Kier alpha value is -2.11. The second kappa shape index (κ2) is 6.07. The first kappa shape index (κ1) is 18.2. The van der Waals surface area contributed by atoms with Crippen LogP contribution in [0.3, 0.4) is 0 Å². The van der Waals surface area contributed by atoms with Crippen molar-refractivity contribution in [3.05, 3.63) is 29.7 Å². The Balaban J connectivity index is 2.51. The number of phenols is 1. The van der Waals surface area contributed by atoms with Crippen LogP contribution >= 0.6 is 0 Å². The second-order valence-corrected chi connectivity index (χ2v) is 9.00. The van der Waals surface area contributed by atoms with E-state index in [1.54, 1.807) is 0 Å². The molecule has 0 aliphatic heterocycles. The van der Waals surface area contributed by atoms with Crippen LogP contribution in [0, 0.1) is 13.8 Å². The number of aromatic hydroxyl groups is 1. The van der Waals surface area contributed by atoms with Crippen LogP contribution in [-0.2, 0) is 20.0 Å². The number of rotatable bonds is 5. The number of hydrogen-bond donors (Lipinski definition) is 2. The van der Waals surface area contributed by atoms with Gasteiger partial charge >= 0.3 is 0 Å². The van der Waals surface area contributed by atoms with Gasteiger partial charge in [0.1, 0.15) is 11.4 Å². The highest BCUT2D eigenvalue weighted by atomic mass is 32.2. The average molecular weight is 375 g/mol. The topological polar surface area (TPSA) is 130 Å². The van der Waals surface area contributed by atoms with E-state index >= 15 is 0 Å². The zero-order valence-electron chi connectivity index (χ0n) is 13.4. The number of hydrogen-bond acceptors (Lipinski definition) is 7. The quantitative estimate of drug-likeness (QED) is 0.747. The normalized spacial score (nSPS) is 12.5. The average Bonchev–Trinajstić information content (AvgIpc) is 2.80. The molecule has 0 spiro atoms. The molecule has 2 aromatic rings. The summed E-state index contributed by atoms with van der Waals surface area (Å²) in [6, 6.07) is 3.32. The Labute approximate surface area is 140 Å². The third kappa shape index (κ3) is 3.23. The zero-order chi connectivity index (χ0) is 18.3. The van der Waals surface area contributed by atoms with Gasteiger partial charge in [-0.15, -0.1) is 0 Å². The summed E-state index contributed by atoms with van der Waals surface area (Å²) >= 11 is 0. The molecular formula is C13H17N3O6S2. The van der Waals surface area contributed by atoms with E-state index < -0.39 is 25.8 Å². The minimum atomic E-state index is -4.11. The van der Waals surface area contributed by atoms with Gasteiger partial charge < -0.3 is 9.63 Å². The molecule has 1 heterocycles. The Morgan fingerprint density at radius 3 is 2.29 bits per heavy atom. The van der Waals surface area contributed by atoms with E-state index in [9.17, 15) is 21.9 Å². The van der Waals surface area contributed by atoms with E-state index in [-0.39, 0.29) is 26.9 Å². The monoisotopic (exact) mass is 375 g/mol. The van der Waals surface area contributed by atoms with Gasteiger partial charge in [0.05, 0.1) is 10.6 Å². The van der Waals surface area contributed by atoms with Gasteiger partial charge in [-0.05, 0) is 32.0 Å². The number of aryl methyl sites for hydroxylation is 2. The summed E-state index contributed by atoms with van der Waals surface area (Å²) in [6.07, 6.45) is 0. The first-order valence-electron chi connectivity index (χ1n) is 6.68. The lowest BCUT2D eigenvalue weighted by molar-refractivity contribution is 0.390. The van der Waals surface area contributed by atoms with Crippen LogP contribution in [0.5, 0.6) is 5.75 Å². The highest BCUT2D eigenvalue weighted by molar-refractivity contribution is 7.92. The van der Waals surface area contributed by atoms with Crippen LogP contribution in [0.2, 0.25) is 0 Å². The molecule has 24 heavy (non-hydrogen) atoms. The molecule has 0 atom stereocenters.